The van der Waals surface area contributed by atoms with Gasteiger partial charge in [0.15, 0.2) is 0 Å². The Labute approximate surface area is 79.0 Å². The molecule has 0 aromatic heterocycles. The van der Waals surface area contributed by atoms with Gasteiger partial charge in [-0.2, -0.15) is 5.26 Å². The second-order valence-corrected chi connectivity index (χ2v) is 3.07. The fourth-order valence-electron chi connectivity index (χ4n) is 1.27. The summed E-state index contributed by atoms with van der Waals surface area (Å²) in [5, 5.41) is 8.36. The van der Waals surface area contributed by atoms with Crippen LogP contribution in [0, 0.1) is 11.3 Å². The number of nitrogens with two attached hydrogens (primary N) is 1. The van der Waals surface area contributed by atoms with Gasteiger partial charge in [0, 0.05) is 12.5 Å². The van der Waals surface area contributed by atoms with Crippen molar-refractivity contribution in [3.8, 4) is 6.07 Å². The van der Waals surface area contributed by atoms with E-state index in [4.69, 9.17) is 11.0 Å². The molecule has 1 aromatic rings. The van der Waals surface area contributed by atoms with E-state index in [0.29, 0.717) is 6.42 Å². The minimum absolute atomic E-state index is 0.0783. The van der Waals surface area contributed by atoms with Crippen molar-refractivity contribution < 1.29 is 0 Å². The molecule has 0 heterocycles. The Hall–Kier alpha value is -1.33. The summed E-state index contributed by atoms with van der Waals surface area (Å²) in [6.07, 6.45) is 2.37. The lowest BCUT2D eigenvalue weighted by molar-refractivity contribution is 0.619. The molecule has 0 spiro atoms. The van der Waals surface area contributed by atoms with Gasteiger partial charge in [-0.05, 0) is 18.4 Å². The number of hydrogen-bond acceptors (Lipinski definition) is 2. The summed E-state index contributed by atoms with van der Waals surface area (Å²) in [6, 6.07) is 12.2. The van der Waals surface area contributed by atoms with Gasteiger partial charge >= 0.3 is 0 Å². The maximum absolute atomic E-state index is 8.36. The van der Waals surface area contributed by atoms with Gasteiger partial charge in [0.25, 0.3) is 0 Å². The number of hydrogen-bond donors (Lipinski definition) is 1. The van der Waals surface area contributed by atoms with Gasteiger partial charge in [0.1, 0.15) is 0 Å². The van der Waals surface area contributed by atoms with Crippen LogP contribution in [0.4, 0.5) is 0 Å². The lowest BCUT2D eigenvalue weighted by Gasteiger charge is -2.09. The van der Waals surface area contributed by atoms with Crippen LogP contribution in [0.25, 0.3) is 0 Å². The molecule has 1 aromatic carbocycles. The molecule has 0 fully saturated rings. The zero-order valence-corrected chi connectivity index (χ0v) is 7.61. The first kappa shape index (κ1) is 9.76. The molecule has 2 N–H and O–H groups in total. The van der Waals surface area contributed by atoms with E-state index >= 15 is 0 Å². The molecule has 0 amide bonds. The van der Waals surface area contributed by atoms with Gasteiger partial charge in [-0.1, -0.05) is 30.3 Å². The van der Waals surface area contributed by atoms with E-state index in [1.807, 2.05) is 30.3 Å². The first-order valence-electron chi connectivity index (χ1n) is 4.52. The Kier molecular flexibility index (Phi) is 4.01. The van der Waals surface area contributed by atoms with E-state index in [0.717, 1.165) is 18.4 Å². The quantitative estimate of drug-likeness (QED) is 0.712. The predicted molar refractivity (Wildman–Crippen MR) is 52.8 cm³/mol. The molecular formula is C11H14N2. The summed E-state index contributed by atoms with van der Waals surface area (Å²) in [4.78, 5) is 0. The highest BCUT2D eigenvalue weighted by Gasteiger charge is 2.03. The van der Waals surface area contributed by atoms with Gasteiger partial charge in [0.05, 0.1) is 6.07 Å². The van der Waals surface area contributed by atoms with Gasteiger partial charge in [-0.15, -0.1) is 0 Å². The second-order valence-electron chi connectivity index (χ2n) is 3.07. The van der Waals surface area contributed by atoms with Gasteiger partial charge in [-0.3, -0.25) is 0 Å². The monoisotopic (exact) mass is 174 g/mol. The minimum atomic E-state index is 0.0783. The zero-order chi connectivity index (χ0) is 9.52. The molecule has 0 radical (unpaired) electrons. The molecule has 13 heavy (non-hydrogen) atoms. The van der Waals surface area contributed by atoms with Crippen molar-refractivity contribution in [1.82, 2.24) is 0 Å². The third kappa shape index (κ3) is 3.27. The van der Waals surface area contributed by atoms with Crippen LogP contribution in [0.3, 0.4) is 0 Å². The molecule has 0 aliphatic heterocycles. The Balaban J connectivity index is 2.41. The van der Waals surface area contributed by atoms with Crippen molar-refractivity contribution in [3.05, 3.63) is 35.9 Å². The molecule has 68 valence electrons. The van der Waals surface area contributed by atoms with E-state index in [9.17, 15) is 0 Å². The molecule has 0 saturated carbocycles. The van der Waals surface area contributed by atoms with Crippen molar-refractivity contribution >= 4 is 0 Å². The molecule has 2 heteroatoms. The van der Waals surface area contributed by atoms with Crippen LogP contribution in [-0.2, 0) is 0 Å². The third-order valence-corrected chi connectivity index (χ3v) is 2.03. The summed E-state index contributed by atoms with van der Waals surface area (Å²) in [7, 11) is 0. The van der Waals surface area contributed by atoms with Crippen molar-refractivity contribution in [2.24, 2.45) is 5.73 Å². The average molecular weight is 174 g/mol. The molecule has 2 nitrogen and oxygen atoms in total. The summed E-state index contributed by atoms with van der Waals surface area (Å²) in [5.74, 6) is 0. The van der Waals surface area contributed by atoms with E-state index < -0.39 is 0 Å². The average Bonchev–Trinajstić information content (AvgIpc) is 2.19. The van der Waals surface area contributed by atoms with Gasteiger partial charge in [0.2, 0.25) is 0 Å². The van der Waals surface area contributed by atoms with Crippen LogP contribution in [-0.4, -0.2) is 0 Å². The summed E-state index contributed by atoms with van der Waals surface area (Å²) >= 11 is 0. The molecule has 1 rings (SSSR count). The van der Waals surface area contributed by atoms with Crippen LogP contribution in [0.2, 0.25) is 0 Å². The topological polar surface area (TPSA) is 49.8 Å². The fourth-order valence-corrected chi connectivity index (χ4v) is 1.27. The van der Waals surface area contributed by atoms with E-state index in [-0.39, 0.29) is 6.04 Å². The maximum atomic E-state index is 8.36. The Morgan fingerprint density at radius 1 is 1.31 bits per heavy atom. The highest BCUT2D eigenvalue weighted by Crippen LogP contribution is 2.15. The molecule has 0 bridgehead atoms. The van der Waals surface area contributed by atoms with Crippen molar-refractivity contribution in [2.75, 3.05) is 0 Å². The van der Waals surface area contributed by atoms with Crippen LogP contribution < -0.4 is 5.73 Å². The normalized spacial score (nSPS) is 12.0. The zero-order valence-electron chi connectivity index (χ0n) is 7.61. The molecule has 0 aliphatic carbocycles. The second kappa shape index (κ2) is 5.34. The highest BCUT2D eigenvalue weighted by molar-refractivity contribution is 5.18. The van der Waals surface area contributed by atoms with E-state index in [1.165, 1.54) is 0 Å². The summed E-state index contributed by atoms with van der Waals surface area (Å²) in [5.41, 5.74) is 7.08. The lowest BCUT2D eigenvalue weighted by atomic mass is 10.0. The van der Waals surface area contributed by atoms with Crippen molar-refractivity contribution in [2.45, 2.75) is 25.3 Å². The number of nitrogens with zero attached hydrogens (tertiary/aromatic N) is 1. The first-order valence-corrected chi connectivity index (χ1v) is 4.52. The molecule has 1 atom stereocenters. The minimum Gasteiger partial charge on any atom is -0.324 e. The first-order chi connectivity index (χ1) is 6.34. The lowest BCUT2D eigenvalue weighted by Crippen LogP contribution is -2.09. The number of rotatable bonds is 4. The molecule has 0 saturated heterocycles. The molecule has 0 aliphatic rings. The third-order valence-electron chi connectivity index (χ3n) is 2.03. The van der Waals surface area contributed by atoms with Crippen LogP contribution in [0.15, 0.2) is 30.3 Å². The number of nitriles is 1. The van der Waals surface area contributed by atoms with Crippen LogP contribution >= 0.6 is 0 Å². The Morgan fingerprint density at radius 3 is 2.62 bits per heavy atom. The van der Waals surface area contributed by atoms with E-state index in [2.05, 4.69) is 6.07 Å². The smallest absolute Gasteiger partial charge is 0.0621 e. The maximum Gasteiger partial charge on any atom is 0.0621 e. The number of benzene rings is 1. The fraction of sp³-hybridized carbons (Fsp3) is 0.364. The van der Waals surface area contributed by atoms with E-state index in [1.54, 1.807) is 0 Å². The van der Waals surface area contributed by atoms with Crippen LogP contribution in [0.5, 0.6) is 0 Å². The Bertz CT molecular complexity index is 274. The van der Waals surface area contributed by atoms with Gasteiger partial charge < -0.3 is 5.73 Å². The van der Waals surface area contributed by atoms with Crippen molar-refractivity contribution in [3.63, 3.8) is 0 Å². The summed E-state index contributed by atoms with van der Waals surface area (Å²) < 4.78 is 0. The predicted octanol–water partition coefficient (Wildman–Crippen LogP) is 2.38. The van der Waals surface area contributed by atoms with Crippen molar-refractivity contribution in [1.29, 1.82) is 5.26 Å². The standard InChI is InChI=1S/C11H14N2/c12-9-5-4-8-11(13)10-6-2-1-3-7-10/h1-3,6-7,11H,4-5,8,13H2. The van der Waals surface area contributed by atoms with Crippen LogP contribution in [0.1, 0.15) is 30.9 Å². The number of unbranched alkanes of at least 4 members (excludes halogenated alkanes) is 1. The highest BCUT2D eigenvalue weighted by atomic mass is 14.6. The largest absolute Gasteiger partial charge is 0.324 e. The Morgan fingerprint density at radius 2 is 2.00 bits per heavy atom. The summed E-state index contributed by atoms with van der Waals surface area (Å²) in [6.45, 7) is 0. The molecular weight excluding hydrogens is 160 g/mol. The molecule has 1 unspecified atom stereocenters. The van der Waals surface area contributed by atoms with Gasteiger partial charge in [-0.25, -0.2) is 0 Å². The SMILES string of the molecule is N#CCCCC(N)c1ccccc1.